The van der Waals surface area contributed by atoms with Gasteiger partial charge in [-0.1, -0.05) is 48.0 Å². The van der Waals surface area contributed by atoms with Crippen molar-refractivity contribution in [2.45, 2.75) is 25.7 Å². The maximum atomic E-state index is 5.90. The molecule has 0 fully saturated rings. The zero-order valence-electron chi connectivity index (χ0n) is 12.3. The van der Waals surface area contributed by atoms with Crippen molar-refractivity contribution in [3.8, 4) is 0 Å². The zero-order chi connectivity index (χ0) is 14.5. The van der Waals surface area contributed by atoms with E-state index < -0.39 is 0 Å². The smallest absolute Gasteiger partial charge is 0.0406 e. The molecule has 1 unspecified atom stereocenters. The van der Waals surface area contributed by atoms with E-state index in [1.807, 2.05) is 12.1 Å². The van der Waals surface area contributed by atoms with E-state index in [-0.39, 0.29) is 0 Å². The van der Waals surface area contributed by atoms with Gasteiger partial charge in [0.15, 0.2) is 0 Å². The highest BCUT2D eigenvalue weighted by Gasteiger charge is 2.17. The summed E-state index contributed by atoms with van der Waals surface area (Å²) in [7, 11) is 0. The third-order valence-electron chi connectivity index (χ3n) is 4.39. The lowest BCUT2D eigenvalue weighted by Crippen LogP contribution is -2.28. The molecule has 0 spiro atoms. The Labute approximate surface area is 132 Å². The Kier molecular flexibility index (Phi) is 4.95. The highest BCUT2D eigenvalue weighted by atomic mass is 35.5. The van der Waals surface area contributed by atoms with Crippen molar-refractivity contribution >= 4 is 11.6 Å². The number of benzene rings is 2. The van der Waals surface area contributed by atoms with E-state index in [9.17, 15) is 0 Å². The predicted molar refractivity (Wildman–Crippen MR) is 90.0 cm³/mol. The van der Waals surface area contributed by atoms with E-state index in [2.05, 4.69) is 41.7 Å². The molecule has 1 nitrogen and oxygen atoms in total. The van der Waals surface area contributed by atoms with Crippen LogP contribution in [-0.2, 0) is 19.3 Å². The molecular weight excluding hydrogens is 278 g/mol. The molecule has 0 amide bonds. The minimum Gasteiger partial charge on any atom is -0.316 e. The molecule has 0 heterocycles. The number of hydrogen-bond donors (Lipinski definition) is 1. The SMILES string of the molecule is Clc1ccc(CCNCC2CCc3ccccc3C2)cc1. The Hall–Kier alpha value is -1.31. The minimum absolute atomic E-state index is 0.783. The number of fused-ring (bicyclic) bond motifs is 1. The van der Waals surface area contributed by atoms with Crippen LogP contribution in [0.15, 0.2) is 48.5 Å². The van der Waals surface area contributed by atoms with Gasteiger partial charge in [-0.15, -0.1) is 0 Å². The van der Waals surface area contributed by atoms with Crippen molar-refractivity contribution in [1.82, 2.24) is 5.32 Å². The van der Waals surface area contributed by atoms with Crippen LogP contribution in [0.4, 0.5) is 0 Å². The quantitative estimate of drug-likeness (QED) is 0.813. The highest BCUT2D eigenvalue weighted by Crippen LogP contribution is 2.24. The second kappa shape index (κ2) is 7.11. The van der Waals surface area contributed by atoms with E-state index in [1.54, 1.807) is 11.1 Å². The van der Waals surface area contributed by atoms with Gasteiger partial charge in [0.25, 0.3) is 0 Å². The molecule has 1 aliphatic rings. The Bertz CT molecular complexity index is 576. The lowest BCUT2D eigenvalue weighted by atomic mass is 9.84. The normalized spacial score (nSPS) is 17.5. The lowest BCUT2D eigenvalue weighted by Gasteiger charge is -2.24. The second-order valence-electron chi connectivity index (χ2n) is 5.96. The van der Waals surface area contributed by atoms with Crippen LogP contribution < -0.4 is 5.32 Å². The summed E-state index contributed by atoms with van der Waals surface area (Å²) in [6, 6.07) is 17.0. The molecule has 0 aromatic heterocycles. The summed E-state index contributed by atoms with van der Waals surface area (Å²) in [6.07, 6.45) is 4.84. The molecule has 0 radical (unpaired) electrons. The molecule has 0 bridgehead atoms. The first kappa shape index (κ1) is 14.6. The molecule has 0 saturated heterocycles. The first-order valence-electron chi connectivity index (χ1n) is 7.83. The Morgan fingerprint density at radius 2 is 1.76 bits per heavy atom. The molecular formula is C19H22ClN. The average molecular weight is 300 g/mol. The Morgan fingerprint density at radius 3 is 2.57 bits per heavy atom. The largest absolute Gasteiger partial charge is 0.316 e. The van der Waals surface area contributed by atoms with Crippen LogP contribution in [0.25, 0.3) is 0 Å². The molecule has 0 saturated carbocycles. The van der Waals surface area contributed by atoms with E-state index in [0.29, 0.717) is 0 Å². The molecule has 2 heteroatoms. The second-order valence-corrected chi connectivity index (χ2v) is 6.39. The summed E-state index contributed by atoms with van der Waals surface area (Å²) in [5.74, 6) is 0.783. The third-order valence-corrected chi connectivity index (χ3v) is 4.64. The van der Waals surface area contributed by atoms with E-state index >= 15 is 0 Å². The fourth-order valence-electron chi connectivity index (χ4n) is 3.14. The first-order valence-corrected chi connectivity index (χ1v) is 8.21. The summed E-state index contributed by atoms with van der Waals surface area (Å²) < 4.78 is 0. The van der Waals surface area contributed by atoms with E-state index in [4.69, 9.17) is 11.6 Å². The summed E-state index contributed by atoms with van der Waals surface area (Å²) in [6.45, 7) is 2.17. The van der Waals surface area contributed by atoms with Gasteiger partial charge in [-0.3, -0.25) is 0 Å². The van der Waals surface area contributed by atoms with Crippen molar-refractivity contribution in [1.29, 1.82) is 0 Å². The van der Waals surface area contributed by atoms with Crippen molar-refractivity contribution in [3.05, 3.63) is 70.2 Å². The molecule has 3 rings (SSSR count). The fraction of sp³-hybridized carbons (Fsp3) is 0.368. The molecule has 1 N–H and O–H groups in total. The molecule has 0 aliphatic heterocycles. The maximum absolute atomic E-state index is 5.90. The van der Waals surface area contributed by atoms with Crippen LogP contribution in [0.2, 0.25) is 5.02 Å². The monoisotopic (exact) mass is 299 g/mol. The van der Waals surface area contributed by atoms with Gasteiger partial charge in [0.05, 0.1) is 0 Å². The molecule has 1 aliphatic carbocycles. The summed E-state index contributed by atoms with van der Waals surface area (Å²) >= 11 is 5.90. The van der Waals surface area contributed by atoms with Crippen molar-refractivity contribution in [2.75, 3.05) is 13.1 Å². The lowest BCUT2D eigenvalue weighted by molar-refractivity contribution is 0.426. The molecule has 1 atom stereocenters. The van der Waals surface area contributed by atoms with Gasteiger partial charge in [0, 0.05) is 5.02 Å². The van der Waals surface area contributed by atoms with Gasteiger partial charge in [-0.05, 0) is 73.5 Å². The molecule has 2 aromatic rings. The maximum Gasteiger partial charge on any atom is 0.0406 e. The van der Waals surface area contributed by atoms with Gasteiger partial charge in [0.2, 0.25) is 0 Å². The number of hydrogen-bond acceptors (Lipinski definition) is 1. The predicted octanol–water partition coefficient (Wildman–Crippen LogP) is 4.28. The summed E-state index contributed by atoms with van der Waals surface area (Å²) in [4.78, 5) is 0. The van der Waals surface area contributed by atoms with Gasteiger partial charge in [-0.2, -0.15) is 0 Å². The van der Waals surface area contributed by atoms with Crippen LogP contribution in [-0.4, -0.2) is 13.1 Å². The third kappa shape index (κ3) is 4.09. The molecule has 21 heavy (non-hydrogen) atoms. The van der Waals surface area contributed by atoms with Crippen LogP contribution in [0.3, 0.4) is 0 Å². The minimum atomic E-state index is 0.783. The summed E-state index contributed by atoms with van der Waals surface area (Å²) in [5.41, 5.74) is 4.45. The molecule has 2 aromatic carbocycles. The number of rotatable bonds is 5. The average Bonchev–Trinajstić information content (AvgIpc) is 2.53. The Balaban J connectivity index is 1.41. The van der Waals surface area contributed by atoms with Crippen LogP contribution in [0.1, 0.15) is 23.1 Å². The van der Waals surface area contributed by atoms with Crippen molar-refractivity contribution in [2.24, 2.45) is 5.92 Å². The van der Waals surface area contributed by atoms with Crippen LogP contribution >= 0.6 is 11.6 Å². The highest BCUT2D eigenvalue weighted by molar-refractivity contribution is 6.30. The first-order chi connectivity index (χ1) is 10.3. The Morgan fingerprint density at radius 1 is 1.00 bits per heavy atom. The van der Waals surface area contributed by atoms with Crippen molar-refractivity contribution in [3.63, 3.8) is 0 Å². The number of aryl methyl sites for hydroxylation is 1. The van der Waals surface area contributed by atoms with Gasteiger partial charge >= 0.3 is 0 Å². The van der Waals surface area contributed by atoms with Gasteiger partial charge in [-0.25, -0.2) is 0 Å². The van der Waals surface area contributed by atoms with Crippen molar-refractivity contribution < 1.29 is 0 Å². The molecule has 110 valence electrons. The number of nitrogens with one attached hydrogen (secondary N) is 1. The van der Waals surface area contributed by atoms with Crippen LogP contribution in [0, 0.1) is 5.92 Å². The van der Waals surface area contributed by atoms with Gasteiger partial charge in [0.1, 0.15) is 0 Å². The van der Waals surface area contributed by atoms with E-state index in [0.717, 1.165) is 30.5 Å². The number of halogens is 1. The van der Waals surface area contributed by atoms with Gasteiger partial charge < -0.3 is 5.32 Å². The topological polar surface area (TPSA) is 12.0 Å². The van der Waals surface area contributed by atoms with E-state index in [1.165, 1.54) is 24.8 Å². The summed E-state index contributed by atoms with van der Waals surface area (Å²) in [5, 5.41) is 4.43. The standard InChI is InChI=1S/C19H22ClN/c20-19-9-6-15(7-10-19)11-12-21-14-16-5-8-17-3-1-2-4-18(17)13-16/h1-4,6-7,9-10,16,21H,5,8,11-14H2. The zero-order valence-corrected chi connectivity index (χ0v) is 13.1. The fourth-order valence-corrected chi connectivity index (χ4v) is 3.26. The van der Waals surface area contributed by atoms with Crippen LogP contribution in [0.5, 0.6) is 0 Å².